The van der Waals surface area contributed by atoms with E-state index in [1.54, 1.807) is 0 Å². The van der Waals surface area contributed by atoms with Crippen LogP contribution in [0.2, 0.25) is 0 Å². The third kappa shape index (κ3) is 4.86. The molecule has 5 nitrogen and oxygen atoms in total. The summed E-state index contributed by atoms with van der Waals surface area (Å²) in [7, 11) is 0. The van der Waals surface area contributed by atoms with Crippen LogP contribution in [0.5, 0.6) is 0 Å². The number of aromatic nitrogens is 1. The Labute approximate surface area is 177 Å². The van der Waals surface area contributed by atoms with Gasteiger partial charge < -0.3 is 10.2 Å². The van der Waals surface area contributed by atoms with Crippen molar-refractivity contribution in [1.29, 1.82) is 0 Å². The SMILES string of the molecule is Cc1cc(C)c(-c2csc(NC(=O)C3CCN(C(=O)C(C)(C)C)CC3)n2)cc1C. The Balaban J connectivity index is 1.62. The number of benzene rings is 1. The fraction of sp³-hybridized carbons (Fsp3) is 0.522. The molecule has 0 spiro atoms. The Kier molecular flexibility index (Phi) is 6.13. The van der Waals surface area contributed by atoms with Crippen LogP contribution < -0.4 is 5.32 Å². The van der Waals surface area contributed by atoms with Gasteiger partial charge in [-0.25, -0.2) is 4.98 Å². The van der Waals surface area contributed by atoms with Crippen LogP contribution in [0.4, 0.5) is 5.13 Å². The molecule has 0 saturated carbocycles. The van der Waals surface area contributed by atoms with E-state index < -0.39 is 0 Å². The lowest BCUT2D eigenvalue weighted by Crippen LogP contribution is -2.45. The lowest BCUT2D eigenvalue weighted by Gasteiger charge is -2.35. The fourth-order valence-electron chi connectivity index (χ4n) is 3.72. The van der Waals surface area contributed by atoms with Crippen molar-refractivity contribution in [2.75, 3.05) is 18.4 Å². The molecule has 2 heterocycles. The molecule has 3 rings (SSSR count). The van der Waals surface area contributed by atoms with E-state index in [9.17, 15) is 9.59 Å². The number of carbonyl (C=O) groups is 2. The fourth-order valence-corrected chi connectivity index (χ4v) is 4.43. The van der Waals surface area contributed by atoms with Crippen molar-refractivity contribution in [3.63, 3.8) is 0 Å². The summed E-state index contributed by atoms with van der Waals surface area (Å²) < 4.78 is 0. The topological polar surface area (TPSA) is 62.3 Å². The second-order valence-corrected chi connectivity index (χ2v) is 9.95. The smallest absolute Gasteiger partial charge is 0.229 e. The molecule has 2 aromatic rings. The molecule has 1 aliphatic heterocycles. The van der Waals surface area contributed by atoms with Crippen molar-refractivity contribution in [3.8, 4) is 11.3 Å². The molecule has 29 heavy (non-hydrogen) atoms. The minimum atomic E-state index is -0.376. The number of nitrogens with one attached hydrogen (secondary N) is 1. The zero-order chi connectivity index (χ0) is 21.3. The molecule has 0 radical (unpaired) electrons. The number of carbonyl (C=O) groups excluding carboxylic acids is 2. The maximum atomic E-state index is 12.7. The van der Waals surface area contributed by atoms with Gasteiger partial charge in [-0.3, -0.25) is 9.59 Å². The largest absolute Gasteiger partial charge is 0.342 e. The van der Waals surface area contributed by atoms with E-state index in [4.69, 9.17) is 0 Å². The van der Waals surface area contributed by atoms with Gasteiger partial charge in [0.05, 0.1) is 5.69 Å². The van der Waals surface area contributed by atoms with Crippen LogP contribution >= 0.6 is 11.3 Å². The van der Waals surface area contributed by atoms with E-state index in [-0.39, 0.29) is 23.1 Å². The number of thiazole rings is 1. The van der Waals surface area contributed by atoms with Gasteiger partial charge in [-0.2, -0.15) is 0 Å². The summed E-state index contributed by atoms with van der Waals surface area (Å²) in [4.78, 5) is 31.6. The highest BCUT2D eigenvalue weighted by molar-refractivity contribution is 7.14. The number of piperidine rings is 1. The summed E-state index contributed by atoms with van der Waals surface area (Å²) in [6.07, 6.45) is 1.39. The van der Waals surface area contributed by atoms with Gasteiger partial charge >= 0.3 is 0 Å². The maximum absolute atomic E-state index is 12.7. The number of hydrogen-bond donors (Lipinski definition) is 1. The highest BCUT2D eigenvalue weighted by Crippen LogP contribution is 2.30. The molecule has 0 unspecified atom stereocenters. The Morgan fingerprint density at radius 2 is 1.69 bits per heavy atom. The standard InChI is InChI=1S/C23H31N3O2S/c1-14-11-16(3)18(12-15(14)2)19-13-29-22(24-19)25-20(27)17-7-9-26(10-8-17)21(28)23(4,5)6/h11-13,17H,7-10H2,1-6H3,(H,24,25,27). The highest BCUT2D eigenvalue weighted by Gasteiger charge is 2.32. The van der Waals surface area contributed by atoms with Gasteiger partial charge in [0, 0.05) is 35.4 Å². The first-order chi connectivity index (χ1) is 13.6. The molecule has 1 aliphatic rings. The molecule has 2 amide bonds. The van der Waals surface area contributed by atoms with Crippen LogP contribution in [-0.4, -0.2) is 34.8 Å². The summed E-state index contributed by atoms with van der Waals surface area (Å²) in [6, 6.07) is 4.34. The van der Waals surface area contributed by atoms with E-state index in [0.29, 0.717) is 31.1 Å². The van der Waals surface area contributed by atoms with Crippen LogP contribution in [0.25, 0.3) is 11.3 Å². The van der Waals surface area contributed by atoms with E-state index in [1.165, 1.54) is 28.0 Å². The van der Waals surface area contributed by atoms with Crippen molar-refractivity contribution in [2.45, 2.75) is 54.4 Å². The molecule has 1 saturated heterocycles. The minimum absolute atomic E-state index is 0.00515. The lowest BCUT2D eigenvalue weighted by molar-refractivity contribution is -0.142. The molecule has 1 aromatic carbocycles. The van der Waals surface area contributed by atoms with Gasteiger partial charge in [0.15, 0.2) is 5.13 Å². The van der Waals surface area contributed by atoms with Gasteiger partial charge in [0.2, 0.25) is 11.8 Å². The molecular formula is C23H31N3O2S. The number of likely N-dealkylation sites (tertiary alicyclic amines) is 1. The van der Waals surface area contributed by atoms with Gasteiger partial charge in [0.1, 0.15) is 0 Å². The summed E-state index contributed by atoms with van der Waals surface area (Å²) in [5.74, 6) is 0.0879. The van der Waals surface area contributed by atoms with Crippen LogP contribution in [0.1, 0.15) is 50.3 Å². The van der Waals surface area contributed by atoms with Crippen LogP contribution in [0.3, 0.4) is 0 Å². The molecule has 6 heteroatoms. The van der Waals surface area contributed by atoms with E-state index in [1.807, 2.05) is 31.1 Å². The van der Waals surface area contributed by atoms with Crippen molar-refractivity contribution in [2.24, 2.45) is 11.3 Å². The predicted octanol–water partition coefficient (Wildman–Crippen LogP) is 4.96. The monoisotopic (exact) mass is 413 g/mol. The van der Waals surface area contributed by atoms with Crippen molar-refractivity contribution in [3.05, 3.63) is 34.2 Å². The number of hydrogen-bond acceptors (Lipinski definition) is 4. The Morgan fingerprint density at radius 3 is 2.31 bits per heavy atom. The lowest BCUT2D eigenvalue weighted by atomic mass is 9.91. The summed E-state index contributed by atoms with van der Waals surface area (Å²) in [5.41, 5.74) is 5.33. The zero-order valence-electron chi connectivity index (χ0n) is 18.3. The van der Waals surface area contributed by atoms with Crippen LogP contribution in [0, 0.1) is 32.1 Å². The van der Waals surface area contributed by atoms with Crippen LogP contribution in [-0.2, 0) is 9.59 Å². The molecule has 1 N–H and O–H groups in total. The first kappa shape index (κ1) is 21.5. The van der Waals surface area contributed by atoms with E-state index in [2.05, 4.69) is 43.2 Å². The molecule has 1 fully saturated rings. The first-order valence-corrected chi connectivity index (χ1v) is 11.1. The third-order valence-corrected chi connectivity index (χ3v) is 6.40. The Bertz CT molecular complexity index is 919. The molecule has 0 bridgehead atoms. The molecule has 0 aliphatic carbocycles. The van der Waals surface area contributed by atoms with Gasteiger partial charge in [0.25, 0.3) is 0 Å². The average Bonchev–Trinajstić information content (AvgIpc) is 3.11. The van der Waals surface area contributed by atoms with E-state index >= 15 is 0 Å². The zero-order valence-corrected chi connectivity index (χ0v) is 19.1. The summed E-state index contributed by atoms with van der Waals surface area (Å²) >= 11 is 1.46. The van der Waals surface area contributed by atoms with Gasteiger partial charge in [-0.05, 0) is 56.4 Å². The third-order valence-electron chi connectivity index (χ3n) is 5.65. The highest BCUT2D eigenvalue weighted by atomic mass is 32.1. The molecule has 1 aromatic heterocycles. The molecular weight excluding hydrogens is 382 g/mol. The van der Waals surface area contributed by atoms with Crippen molar-refractivity contribution >= 4 is 28.3 Å². The van der Waals surface area contributed by atoms with Crippen molar-refractivity contribution < 1.29 is 9.59 Å². The quantitative estimate of drug-likeness (QED) is 0.774. The van der Waals surface area contributed by atoms with Crippen LogP contribution in [0.15, 0.2) is 17.5 Å². The maximum Gasteiger partial charge on any atom is 0.229 e. The van der Waals surface area contributed by atoms with Crippen molar-refractivity contribution in [1.82, 2.24) is 9.88 Å². The first-order valence-electron chi connectivity index (χ1n) is 10.2. The van der Waals surface area contributed by atoms with E-state index in [0.717, 1.165) is 11.3 Å². The minimum Gasteiger partial charge on any atom is -0.342 e. The Hall–Kier alpha value is -2.21. The normalized spacial score (nSPS) is 15.4. The molecule has 0 atom stereocenters. The second-order valence-electron chi connectivity index (χ2n) is 9.10. The number of anilines is 1. The second kappa shape index (κ2) is 8.27. The number of rotatable bonds is 3. The number of aryl methyl sites for hydroxylation is 3. The predicted molar refractivity (Wildman–Crippen MR) is 119 cm³/mol. The summed E-state index contributed by atoms with van der Waals surface area (Å²) in [5, 5.41) is 5.62. The number of amides is 2. The van der Waals surface area contributed by atoms with Gasteiger partial charge in [-0.1, -0.05) is 26.8 Å². The number of nitrogens with zero attached hydrogens (tertiary/aromatic N) is 2. The summed E-state index contributed by atoms with van der Waals surface area (Å²) in [6.45, 7) is 13.4. The molecule has 156 valence electrons. The van der Waals surface area contributed by atoms with Gasteiger partial charge in [-0.15, -0.1) is 11.3 Å². The average molecular weight is 414 g/mol. The Morgan fingerprint density at radius 1 is 1.07 bits per heavy atom.